The summed E-state index contributed by atoms with van der Waals surface area (Å²) in [5.74, 6) is 1.93. The molecule has 0 radical (unpaired) electrons. The van der Waals surface area contributed by atoms with Gasteiger partial charge in [0, 0.05) is 18.0 Å². The number of ether oxygens (including phenoxy) is 3. The molecular weight excluding hydrogens is 356 g/mol. The van der Waals surface area contributed by atoms with Crippen LogP contribution in [0.25, 0.3) is 0 Å². The molecule has 0 aliphatic carbocycles. The first-order chi connectivity index (χ1) is 13.6. The van der Waals surface area contributed by atoms with Crippen LogP contribution in [-0.2, 0) is 9.53 Å². The summed E-state index contributed by atoms with van der Waals surface area (Å²) in [6.07, 6.45) is 0. The van der Waals surface area contributed by atoms with Crippen molar-refractivity contribution in [1.29, 1.82) is 0 Å². The Morgan fingerprint density at radius 1 is 0.893 bits per heavy atom. The van der Waals surface area contributed by atoms with Gasteiger partial charge in [0.2, 0.25) is 5.91 Å². The zero-order chi connectivity index (χ0) is 20.2. The lowest BCUT2D eigenvalue weighted by molar-refractivity contribution is -0.114. The molecule has 0 saturated heterocycles. The van der Waals surface area contributed by atoms with Crippen LogP contribution >= 0.6 is 0 Å². The summed E-state index contributed by atoms with van der Waals surface area (Å²) in [7, 11) is 0. The van der Waals surface area contributed by atoms with Crippen LogP contribution in [0, 0.1) is 5.92 Å². The fourth-order valence-electron chi connectivity index (χ4n) is 2.32. The summed E-state index contributed by atoms with van der Waals surface area (Å²) in [6, 6.07) is 14.9. The van der Waals surface area contributed by atoms with Crippen molar-refractivity contribution in [3.63, 3.8) is 0 Å². The van der Waals surface area contributed by atoms with E-state index >= 15 is 0 Å². The maximum absolute atomic E-state index is 12.1. The summed E-state index contributed by atoms with van der Waals surface area (Å²) < 4.78 is 16.4. The Bertz CT molecular complexity index is 699. The predicted molar refractivity (Wildman–Crippen MR) is 112 cm³/mol. The minimum Gasteiger partial charge on any atom is -0.493 e. The number of amides is 1. The highest BCUT2D eigenvalue weighted by molar-refractivity contribution is 5.93. The fourth-order valence-corrected chi connectivity index (χ4v) is 2.32. The molecule has 2 N–H and O–H groups in total. The number of carbonyl (C=O) groups excluding carboxylic acids is 1. The van der Waals surface area contributed by atoms with Crippen molar-refractivity contribution in [1.82, 2.24) is 0 Å². The lowest BCUT2D eigenvalue weighted by Gasteiger charge is -2.11. The van der Waals surface area contributed by atoms with Crippen LogP contribution in [0.5, 0.6) is 11.5 Å². The topological polar surface area (TPSA) is 68.8 Å². The molecular formula is C22H30N2O4. The standard InChI is InChI=1S/C22H30N2O4/c1-4-26-13-14-27-20-9-5-18(6-10-20)23-15-22(25)24-19-7-11-21(12-8-19)28-16-17(2)3/h5-12,17,23H,4,13-16H2,1-3H3,(H,24,25). The van der Waals surface area contributed by atoms with E-state index in [-0.39, 0.29) is 12.5 Å². The average molecular weight is 386 g/mol. The lowest BCUT2D eigenvalue weighted by atomic mass is 10.2. The van der Waals surface area contributed by atoms with E-state index in [0.29, 0.717) is 32.3 Å². The second-order valence-electron chi connectivity index (χ2n) is 6.70. The number of carbonyl (C=O) groups is 1. The monoisotopic (exact) mass is 386 g/mol. The molecule has 0 atom stereocenters. The molecule has 0 spiro atoms. The van der Waals surface area contributed by atoms with Crippen molar-refractivity contribution < 1.29 is 19.0 Å². The molecule has 6 nitrogen and oxygen atoms in total. The molecule has 1 amide bonds. The van der Waals surface area contributed by atoms with Gasteiger partial charge in [-0.15, -0.1) is 0 Å². The first-order valence-electron chi connectivity index (χ1n) is 9.64. The van der Waals surface area contributed by atoms with E-state index in [2.05, 4.69) is 24.5 Å². The van der Waals surface area contributed by atoms with Crippen molar-refractivity contribution in [2.24, 2.45) is 5.92 Å². The highest BCUT2D eigenvalue weighted by Crippen LogP contribution is 2.17. The molecule has 2 aromatic carbocycles. The molecule has 0 unspecified atom stereocenters. The Labute approximate surface area is 167 Å². The molecule has 0 aliphatic heterocycles. The van der Waals surface area contributed by atoms with Crippen molar-refractivity contribution in [3.05, 3.63) is 48.5 Å². The molecule has 28 heavy (non-hydrogen) atoms. The molecule has 2 aromatic rings. The van der Waals surface area contributed by atoms with Gasteiger partial charge >= 0.3 is 0 Å². The highest BCUT2D eigenvalue weighted by atomic mass is 16.5. The largest absolute Gasteiger partial charge is 0.493 e. The van der Waals surface area contributed by atoms with Gasteiger partial charge in [-0.25, -0.2) is 0 Å². The minimum absolute atomic E-state index is 0.118. The molecule has 0 bridgehead atoms. The number of anilines is 2. The van der Waals surface area contributed by atoms with Crippen molar-refractivity contribution in [3.8, 4) is 11.5 Å². The molecule has 0 aromatic heterocycles. The van der Waals surface area contributed by atoms with Gasteiger partial charge in [0.15, 0.2) is 0 Å². The Kier molecular flexibility index (Phi) is 9.15. The minimum atomic E-state index is -0.118. The van der Waals surface area contributed by atoms with E-state index in [1.807, 2.05) is 55.5 Å². The van der Waals surface area contributed by atoms with Crippen LogP contribution in [0.2, 0.25) is 0 Å². The summed E-state index contributed by atoms with van der Waals surface area (Å²) >= 11 is 0. The van der Waals surface area contributed by atoms with Gasteiger partial charge in [-0.2, -0.15) is 0 Å². The van der Waals surface area contributed by atoms with Crippen LogP contribution in [0.3, 0.4) is 0 Å². The average Bonchev–Trinajstić information content (AvgIpc) is 2.70. The summed E-state index contributed by atoms with van der Waals surface area (Å²) in [6.45, 7) is 8.78. The maximum Gasteiger partial charge on any atom is 0.243 e. The SMILES string of the molecule is CCOCCOc1ccc(NCC(=O)Nc2ccc(OCC(C)C)cc2)cc1. The van der Waals surface area contributed by atoms with E-state index in [1.54, 1.807) is 0 Å². The van der Waals surface area contributed by atoms with E-state index in [1.165, 1.54) is 0 Å². The summed E-state index contributed by atoms with van der Waals surface area (Å²) in [5, 5.41) is 5.96. The van der Waals surface area contributed by atoms with Gasteiger partial charge in [-0.05, 0) is 61.4 Å². The van der Waals surface area contributed by atoms with Gasteiger partial charge in [0.25, 0.3) is 0 Å². The molecule has 0 heterocycles. The quantitative estimate of drug-likeness (QED) is 0.536. The molecule has 152 valence electrons. The Morgan fingerprint density at radius 2 is 1.50 bits per heavy atom. The third-order valence-corrected chi connectivity index (χ3v) is 3.73. The predicted octanol–water partition coefficient (Wildman–Crippen LogP) is 4.19. The Hall–Kier alpha value is -2.73. The molecule has 0 aliphatic rings. The maximum atomic E-state index is 12.1. The first kappa shape index (κ1) is 21.6. The zero-order valence-electron chi connectivity index (χ0n) is 16.9. The van der Waals surface area contributed by atoms with Crippen LogP contribution in [0.4, 0.5) is 11.4 Å². The summed E-state index contributed by atoms with van der Waals surface area (Å²) in [4.78, 5) is 12.1. The third-order valence-electron chi connectivity index (χ3n) is 3.73. The Balaban J connectivity index is 1.71. The fraction of sp³-hybridized carbons (Fsp3) is 0.409. The molecule has 2 rings (SSSR count). The van der Waals surface area contributed by atoms with E-state index in [9.17, 15) is 4.79 Å². The van der Waals surface area contributed by atoms with Crippen molar-refractivity contribution >= 4 is 17.3 Å². The third kappa shape index (κ3) is 8.31. The Morgan fingerprint density at radius 3 is 2.11 bits per heavy atom. The second-order valence-corrected chi connectivity index (χ2v) is 6.70. The lowest BCUT2D eigenvalue weighted by Crippen LogP contribution is -2.21. The number of nitrogens with one attached hydrogen (secondary N) is 2. The first-order valence-corrected chi connectivity index (χ1v) is 9.64. The highest BCUT2D eigenvalue weighted by Gasteiger charge is 2.04. The number of hydrogen-bond acceptors (Lipinski definition) is 5. The van der Waals surface area contributed by atoms with Crippen LogP contribution in [0.1, 0.15) is 20.8 Å². The zero-order valence-corrected chi connectivity index (χ0v) is 16.9. The van der Waals surface area contributed by atoms with Crippen molar-refractivity contribution in [2.75, 3.05) is 43.6 Å². The van der Waals surface area contributed by atoms with Gasteiger partial charge in [0.1, 0.15) is 18.1 Å². The smallest absolute Gasteiger partial charge is 0.243 e. The van der Waals surface area contributed by atoms with Gasteiger partial charge in [-0.1, -0.05) is 13.8 Å². The van der Waals surface area contributed by atoms with Gasteiger partial charge in [-0.3, -0.25) is 4.79 Å². The number of benzene rings is 2. The van der Waals surface area contributed by atoms with E-state index in [0.717, 1.165) is 22.9 Å². The number of hydrogen-bond donors (Lipinski definition) is 2. The van der Waals surface area contributed by atoms with E-state index in [4.69, 9.17) is 14.2 Å². The van der Waals surface area contributed by atoms with Crippen LogP contribution < -0.4 is 20.1 Å². The normalized spacial score (nSPS) is 10.6. The van der Waals surface area contributed by atoms with Crippen LogP contribution in [0.15, 0.2) is 48.5 Å². The van der Waals surface area contributed by atoms with E-state index < -0.39 is 0 Å². The second kappa shape index (κ2) is 11.9. The van der Waals surface area contributed by atoms with Gasteiger partial charge in [0.05, 0.1) is 19.8 Å². The number of rotatable bonds is 12. The molecule has 0 fully saturated rings. The van der Waals surface area contributed by atoms with Gasteiger partial charge < -0.3 is 24.8 Å². The van der Waals surface area contributed by atoms with Crippen molar-refractivity contribution in [2.45, 2.75) is 20.8 Å². The summed E-state index contributed by atoms with van der Waals surface area (Å²) in [5.41, 5.74) is 1.59. The molecule has 0 saturated carbocycles. The van der Waals surface area contributed by atoms with Crippen LogP contribution in [-0.4, -0.2) is 38.9 Å². The molecule has 6 heteroatoms.